The highest BCUT2D eigenvalue weighted by Crippen LogP contribution is 2.28. The number of carbonyl (C=O) groups is 1. The molecule has 0 atom stereocenters. The summed E-state index contributed by atoms with van der Waals surface area (Å²) in [7, 11) is 3.04. The van der Waals surface area contributed by atoms with E-state index in [1.807, 2.05) is 0 Å². The zero-order valence-corrected chi connectivity index (χ0v) is 15.6. The van der Waals surface area contributed by atoms with Crippen LogP contribution in [0.15, 0.2) is 36.4 Å². The van der Waals surface area contributed by atoms with Gasteiger partial charge in [0, 0.05) is 36.3 Å². The number of phenolic OH excluding ortho intramolecular Hbond substituents is 1. The third-order valence-electron chi connectivity index (χ3n) is 3.96. The van der Waals surface area contributed by atoms with Gasteiger partial charge in [-0.25, -0.2) is 0 Å². The molecule has 0 aromatic heterocycles. The Morgan fingerprint density at radius 1 is 1.15 bits per heavy atom. The number of nitro benzene ring substituents is 1. The molecule has 1 amide bonds. The smallest absolute Gasteiger partial charge is 0.273 e. The Labute approximate surface area is 161 Å². The molecule has 0 aliphatic carbocycles. The van der Waals surface area contributed by atoms with Crippen LogP contribution in [-0.4, -0.2) is 40.9 Å². The number of benzene rings is 2. The number of phenols is 1. The molecule has 0 aliphatic heterocycles. The molecule has 27 heavy (non-hydrogen) atoms. The summed E-state index contributed by atoms with van der Waals surface area (Å²) < 4.78 is 10.5. The topological polar surface area (TPSA) is 102 Å². The van der Waals surface area contributed by atoms with Crippen molar-refractivity contribution in [3.05, 3.63) is 57.6 Å². The number of rotatable bonds is 8. The first-order valence-electron chi connectivity index (χ1n) is 7.90. The van der Waals surface area contributed by atoms with Gasteiger partial charge >= 0.3 is 0 Å². The lowest BCUT2D eigenvalue weighted by Gasteiger charge is -2.23. The second kappa shape index (κ2) is 9.09. The maximum absolute atomic E-state index is 12.3. The number of methoxy groups -OCH3 is 2. The molecule has 0 unspecified atom stereocenters. The maximum atomic E-state index is 12.3. The second-order valence-corrected chi connectivity index (χ2v) is 5.90. The third kappa shape index (κ3) is 5.01. The molecular formula is C18H19ClN2O6. The Morgan fingerprint density at radius 3 is 2.37 bits per heavy atom. The lowest BCUT2D eigenvalue weighted by molar-refractivity contribution is -0.384. The van der Waals surface area contributed by atoms with E-state index in [0.29, 0.717) is 17.1 Å². The SMILES string of the molecule is COc1ccc(CN(Cc2ccc([N+](=O)[O-])cc2O)C(=O)CCl)c(OC)c1. The predicted molar refractivity (Wildman–Crippen MR) is 99.3 cm³/mol. The summed E-state index contributed by atoms with van der Waals surface area (Å²) >= 11 is 5.71. The Hall–Kier alpha value is -3.00. The average molecular weight is 395 g/mol. The Bertz CT molecular complexity index is 843. The first-order chi connectivity index (χ1) is 12.9. The summed E-state index contributed by atoms with van der Waals surface area (Å²) in [5, 5.41) is 20.9. The molecule has 0 fully saturated rings. The number of non-ortho nitro benzene ring substituents is 1. The summed E-state index contributed by atoms with van der Waals surface area (Å²) in [6, 6.07) is 8.93. The van der Waals surface area contributed by atoms with Gasteiger partial charge in [-0.05, 0) is 18.2 Å². The molecule has 9 heteroatoms. The fourth-order valence-electron chi connectivity index (χ4n) is 2.51. The van der Waals surface area contributed by atoms with Crippen LogP contribution in [0.3, 0.4) is 0 Å². The van der Waals surface area contributed by atoms with Gasteiger partial charge in [-0.15, -0.1) is 11.6 Å². The van der Waals surface area contributed by atoms with E-state index in [0.717, 1.165) is 11.6 Å². The Morgan fingerprint density at radius 2 is 1.81 bits per heavy atom. The molecule has 0 radical (unpaired) electrons. The first kappa shape index (κ1) is 20.3. The van der Waals surface area contributed by atoms with Crippen molar-refractivity contribution >= 4 is 23.2 Å². The quantitative estimate of drug-likeness (QED) is 0.419. The molecule has 0 spiro atoms. The molecule has 2 aromatic rings. The van der Waals surface area contributed by atoms with Crippen LogP contribution in [0, 0.1) is 10.1 Å². The van der Waals surface area contributed by atoms with E-state index < -0.39 is 4.92 Å². The van der Waals surface area contributed by atoms with E-state index in [2.05, 4.69) is 0 Å². The van der Waals surface area contributed by atoms with E-state index in [4.69, 9.17) is 21.1 Å². The third-order valence-corrected chi connectivity index (χ3v) is 4.19. The molecule has 0 saturated carbocycles. The maximum Gasteiger partial charge on any atom is 0.273 e. The fraction of sp³-hybridized carbons (Fsp3) is 0.278. The fourth-order valence-corrected chi connectivity index (χ4v) is 2.68. The van der Waals surface area contributed by atoms with Crippen molar-refractivity contribution in [3.8, 4) is 17.2 Å². The monoisotopic (exact) mass is 394 g/mol. The zero-order valence-electron chi connectivity index (χ0n) is 14.8. The van der Waals surface area contributed by atoms with E-state index in [-0.39, 0.29) is 36.3 Å². The van der Waals surface area contributed by atoms with Crippen LogP contribution in [0.4, 0.5) is 5.69 Å². The molecular weight excluding hydrogens is 376 g/mol. The van der Waals surface area contributed by atoms with E-state index in [1.165, 1.54) is 31.3 Å². The van der Waals surface area contributed by atoms with Crippen LogP contribution < -0.4 is 9.47 Å². The Kier molecular flexibility index (Phi) is 6.84. The van der Waals surface area contributed by atoms with Gasteiger partial charge in [-0.3, -0.25) is 14.9 Å². The van der Waals surface area contributed by atoms with Crippen LogP contribution in [0.5, 0.6) is 17.2 Å². The van der Waals surface area contributed by atoms with Crippen LogP contribution in [0.25, 0.3) is 0 Å². The predicted octanol–water partition coefficient (Wildman–Crippen LogP) is 3.09. The minimum atomic E-state index is -0.604. The molecule has 144 valence electrons. The van der Waals surface area contributed by atoms with Crippen molar-refractivity contribution in [1.82, 2.24) is 4.90 Å². The summed E-state index contributed by atoms with van der Waals surface area (Å²) in [4.78, 5) is 23.9. The highest BCUT2D eigenvalue weighted by atomic mass is 35.5. The molecule has 1 N–H and O–H groups in total. The highest BCUT2D eigenvalue weighted by molar-refractivity contribution is 6.27. The molecule has 0 bridgehead atoms. The van der Waals surface area contributed by atoms with Gasteiger partial charge < -0.3 is 19.5 Å². The summed E-state index contributed by atoms with van der Waals surface area (Å²) in [6.45, 7) is 0.208. The highest BCUT2D eigenvalue weighted by Gasteiger charge is 2.19. The van der Waals surface area contributed by atoms with Crippen molar-refractivity contribution in [3.63, 3.8) is 0 Å². The van der Waals surface area contributed by atoms with E-state index in [1.54, 1.807) is 18.2 Å². The number of alkyl halides is 1. The number of amides is 1. The van der Waals surface area contributed by atoms with Gasteiger partial charge in [-0.2, -0.15) is 0 Å². The second-order valence-electron chi connectivity index (χ2n) is 5.63. The molecule has 0 heterocycles. The average Bonchev–Trinajstić information content (AvgIpc) is 2.68. The van der Waals surface area contributed by atoms with Crippen molar-refractivity contribution in [2.75, 3.05) is 20.1 Å². The number of nitro groups is 1. The standard InChI is InChI=1S/C18H19ClN2O6/c1-26-15-6-4-13(17(8-15)27-2)11-20(18(23)9-19)10-12-3-5-14(21(24)25)7-16(12)22/h3-8,22H,9-11H2,1-2H3. The molecule has 0 saturated heterocycles. The van der Waals surface area contributed by atoms with Crippen molar-refractivity contribution < 1.29 is 24.3 Å². The molecule has 2 aromatic carbocycles. The van der Waals surface area contributed by atoms with Gasteiger partial charge in [0.25, 0.3) is 5.69 Å². The minimum absolute atomic E-state index is 0.0323. The summed E-state index contributed by atoms with van der Waals surface area (Å²) in [5.74, 6) is 0.283. The van der Waals surface area contributed by atoms with Crippen molar-refractivity contribution in [1.29, 1.82) is 0 Å². The summed E-state index contributed by atoms with van der Waals surface area (Å²) in [5.41, 5.74) is 0.855. The van der Waals surface area contributed by atoms with Gasteiger partial charge in [0.15, 0.2) is 0 Å². The largest absolute Gasteiger partial charge is 0.507 e. The van der Waals surface area contributed by atoms with Gasteiger partial charge in [0.1, 0.15) is 23.1 Å². The van der Waals surface area contributed by atoms with Crippen LogP contribution in [0.1, 0.15) is 11.1 Å². The normalized spacial score (nSPS) is 10.3. The first-order valence-corrected chi connectivity index (χ1v) is 8.44. The van der Waals surface area contributed by atoms with E-state index >= 15 is 0 Å². The van der Waals surface area contributed by atoms with Crippen LogP contribution in [0.2, 0.25) is 0 Å². The molecule has 0 aliphatic rings. The Balaban J connectivity index is 2.29. The summed E-state index contributed by atoms with van der Waals surface area (Å²) in [6.07, 6.45) is 0. The number of halogens is 1. The van der Waals surface area contributed by atoms with Gasteiger partial charge in [0.05, 0.1) is 25.2 Å². The minimum Gasteiger partial charge on any atom is -0.507 e. The number of hydrogen-bond donors (Lipinski definition) is 1. The van der Waals surface area contributed by atoms with Crippen LogP contribution in [-0.2, 0) is 17.9 Å². The molecule has 2 rings (SSSR count). The zero-order chi connectivity index (χ0) is 20.0. The number of hydrogen-bond acceptors (Lipinski definition) is 6. The lowest BCUT2D eigenvalue weighted by atomic mass is 10.1. The lowest BCUT2D eigenvalue weighted by Crippen LogP contribution is -2.31. The number of aromatic hydroxyl groups is 1. The van der Waals surface area contributed by atoms with Crippen LogP contribution >= 0.6 is 11.6 Å². The number of nitrogens with zero attached hydrogens (tertiary/aromatic N) is 2. The van der Waals surface area contributed by atoms with E-state index in [9.17, 15) is 20.0 Å². The van der Waals surface area contributed by atoms with Crippen molar-refractivity contribution in [2.24, 2.45) is 0 Å². The number of ether oxygens (including phenoxy) is 2. The van der Waals surface area contributed by atoms with Gasteiger partial charge in [-0.1, -0.05) is 0 Å². The number of carbonyl (C=O) groups excluding carboxylic acids is 1. The van der Waals surface area contributed by atoms with Crippen molar-refractivity contribution in [2.45, 2.75) is 13.1 Å². The molecule has 8 nitrogen and oxygen atoms in total. The van der Waals surface area contributed by atoms with Gasteiger partial charge in [0.2, 0.25) is 5.91 Å².